The molecule has 1 heterocycles. The molecule has 0 aliphatic heterocycles. The second-order valence-corrected chi connectivity index (χ2v) is 5.59. The predicted octanol–water partition coefficient (Wildman–Crippen LogP) is -0.200. The van der Waals surface area contributed by atoms with Gasteiger partial charge in [-0.15, -0.1) is 0 Å². The Morgan fingerprint density at radius 2 is 2.27 bits per heavy atom. The molecule has 0 fully saturated rings. The Morgan fingerprint density at radius 3 is 2.91 bits per heavy atom. The van der Waals surface area contributed by atoms with Crippen molar-refractivity contribution >= 4 is 5.71 Å². The van der Waals surface area contributed by atoms with Gasteiger partial charge in [0.2, 0.25) is 0 Å². The average Bonchev–Trinajstić information content (AvgIpc) is 2.96. The molecular weight excluding hydrogens is 286 g/mol. The second kappa shape index (κ2) is 9.65. The molecule has 4 N–H and O–H groups in total. The SMILES string of the molecule is CNCCONC(C)(C)C(=N)COCC(O)Cn1ccnc1. The van der Waals surface area contributed by atoms with E-state index in [1.165, 1.54) is 0 Å². The zero-order valence-electron chi connectivity index (χ0n) is 13.5. The van der Waals surface area contributed by atoms with E-state index in [1.807, 2.05) is 20.9 Å². The Balaban J connectivity index is 2.20. The molecule has 22 heavy (non-hydrogen) atoms. The zero-order valence-corrected chi connectivity index (χ0v) is 13.5. The highest BCUT2D eigenvalue weighted by atomic mass is 16.6. The molecule has 1 aromatic rings. The summed E-state index contributed by atoms with van der Waals surface area (Å²) in [6.45, 7) is 5.65. The maximum Gasteiger partial charge on any atom is 0.0952 e. The smallest absolute Gasteiger partial charge is 0.0952 e. The molecular formula is C14H27N5O3. The molecule has 0 aliphatic carbocycles. The molecule has 0 spiro atoms. The van der Waals surface area contributed by atoms with Crippen molar-refractivity contribution in [3.05, 3.63) is 18.7 Å². The normalized spacial score (nSPS) is 13.3. The summed E-state index contributed by atoms with van der Waals surface area (Å²) in [6, 6.07) is 0. The van der Waals surface area contributed by atoms with Crippen LogP contribution in [0.3, 0.4) is 0 Å². The van der Waals surface area contributed by atoms with Crippen LogP contribution in [0.25, 0.3) is 0 Å². The maximum atomic E-state index is 9.85. The Labute approximate surface area is 131 Å². The molecule has 126 valence electrons. The van der Waals surface area contributed by atoms with Gasteiger partial charge in [0.1, 0.15) is 0 Å². The van der Waals surface area contributed by atoms with Gasteiger partial charge < -0.3 is 25.1 Å². The van der Waals surface area contributed by atoms with E-state index in [2.05, 4.69) is 15.8 Å². The standard InChI is InChI=1S/C14H27N5O3/c1-14(2,18-22-7-5-16-3)13(15)10-21-9-12(20)8-19-6-4-17-11-19/h4,6,11-12,15-16,18,20H,5,7-10H2,1-3H3. The first-order chi connectivity index (χ1) is 10.5. The summed E-state index contributed by atoms with van der Waals surface area (Å²) in [5.74, 6) is 0. The van der Waals surface area contributed by atoms with Crippen LogP contribution in [0, 0.1) is 5.41 Å². The van der Waals surface area contributed by atoms with E-state index < -0.39 is 11.6 Å². The van der Waals surface area contributed by atoms with Gasteiger partial charge in [-0.05, 0) is 20.9 Å². The fraction of sp³-hybridized carbons (Fsp3) is 0.714. The first-order valence-corrected chi connectivity index (χ1v) is 7.28. The summed E-state index contributed by atoms with van der Waals surface area (Å²) in [5, 5.41) is 20.8. The molecule has 1 rings (SSSR count). The number of rotatable bonds is 12. The molecule has 1 atom stereocenters. The van der Waals surface area contributed by atoms with Crippen LogP contribution >= 0.6 is 0 Å². The van der Waals surface area contributed by atoms with Crippen molar-refractivity contribution in [2.45, 2.75) is 32.0 Å². The summed E-state index contributed by atoms with van der Waals surface area (Å²) in [7, 11) is 1.85. The fourth-order valence-electron chi connectivity index (χ4n) is 1.61. The molecule has 0 saturated heterocycles. The topological polar surface area (TPSA) is 104 Å². The van der Waals surface area contributed by atoms with Crippen molar-refractivity contribution in [2.24, 2.45) is 0 Å². The molecule has 1 aromatic heterocycles. The van der Waals surface area contributed by atoms with Crippen LogP contribution in [0.1, 0.15) is 13.8 Å². The number of nitrogens with zero attached hydrogens (tertiary/aromatic N) is 2. The van der Waals surface area contributed by atoms with Gasteiger partial charge in [0, 0.05) is 18.9 Å². The molecule has 8 nitrogen and oxygen atoms in total. The largest absolute Gasteiger partial charge is 0.389 e. The monoisotopic (exact) mass is 313 g/mol. The summed E-state index contributed by atoms with van der Waals surface area (Å²) in [5.41, 5.74) is 2.58. The second-order valence-electron chi connectivity index (χ2n) is 5.59. The molecule has 0 aliphatic rings. The third-order valence-electron chi connectivity index (χ3n) is 3.07. The van der Waals surface area contributed by atoms with Gasteiger partial charge in [-0.2, -0.15) is 5.48 Å². The number of hydroxylamine groups is 1. The Bertz CT molecular complexity index is 422. The highest BCUT2D eigenvalue weighted by Crippen LogP contribution is 2.05. The molecule has 0 bridgehead atoms. The van der Waals surface area contributed by atoms with Crippen LogP contribution < -0.4 is 10.8 Å². The van der Waals surface area contributed by atoms with E-state index in [0.29, 0.717) is 18.9 Å². The molecule has 0 radical (unpaired) electrons. The molecule has 0 amide bonds. The van der Waals surface area contributed by atoms with Gasteiger partial charge in [0.25, 0.3) is 0 Å². The van der Waals surface area contributed by atoms with Gasteiger partial charge in [-0.3, -0.25) is 4.84 Å². The first kappa shape index (κ1) is 18.7. The number of aliphatic hydroxyl groups is 1. The molecule has 0 saturated carbocycles. The van der Waals surface area contributed by atoms with Crippen LogP contribution in [0.4, 0.5) is 0 Å². The number of hydrogen-bond donors (Lipinski definition) is 4. The number of likely N-dealkylation sites (N-methyl/N-ethyl adjacent to an activating group) is 1. The lowest BCUT2D eigenvalue weighted by atomic mass is 10.0. The number of nitrogens with one attached hydrogen (secondary N) is 3. The fourth-order valence-corrected chi connectivity index (χ4v) is 1.61. The lowest BCUT2D eigenvalue weighted by Crippen LogP contribution is -2.48. The highest BCUT2D eigenvalue weighted by molar-refractivity contribution is 5.91. The van der Waals surface area contributed by atoms with Gasteiger partial charge in [0.05, 0.1) is 50.0 Å². The van der Waals surface area contributed by atoms with Crippen LogP contribution in [-0.4, -0.2) is 65.4 Å². The van der Waals surface area contributed by atoms with E-state index in [-0.39, 0.29) is 13.2 Å². The number of aromatic nitrogens is 2. The van der Waals surface area contributed by atoms with E-state index in [4.69, 9.17) is 15.0 Å². The van der Waals surface area contributed by atoms with Crippen LogP contribution in [-0.2, 0) is 16.1 Å². The molecule has 1 unspecified atom stereocenters. The van der Waals surface area contributed by atoms with Crippen molar-refractivity contribution in [1.29, 1.82) is 5.41 Å². The van der Waals surface area contributed by atoms with Crippen LogP contribution in [0.2, 0.25) is 0 Å². The minimum atomic E-state index is -0.634. The third kappa shape index (κ3) is 7.10. The van der Waals surface area contributed by atoms with Crippen molar-refractivity contribution < 1.29 is 14.7 Å². The van der Waals surface area contributed by atoms with E-state index in [9.17, 15) is 5.11 Å². The van der Waals surface area contributed by atoms with Gasteiger partial charge in [0.15, 0.2) is 0 Å². The summed E-state index contributed by atoms with van der Waals surface area (Å²) in [6.07, 6.45) is 4.44. The van der Waals surface area contributed by atoms with Crippen molar-refractivity contribution in [3.8, 4) is 0 Å². The first-order valence-electron chi connectivity index (χ1n) is 7.28. The van der Waals surface area contributed by atoms with Crippen molar-refractivity contribution in [1.82, 2.24) is 20.3 Å². The van der Waals surface area contributed by atoms with Gasteiger partial charge >= 0.3 is 0 Å². The molecule has 8 heteroatoms. The number of imidazole rings is 1. The third-order valence-corrected chi connectivity index (χ3v) is 3.07. The number of aliphatic hydroxyl groups excluding tert-OH is 1. The van der Waals surface area contributed by atoms with Crippen molar-refractivity contribution in [3.63, 3.8) is 0 Å². The minimum absolute atomic E-state index is 0.135. The summed E-state index contributed by atoms with van der Waals surface area (Å²) < 4.78 is 7.18. The predicted molar refractivity (Wildman–Crippen MR) is 83.9 cm³/mol. The lowest BCUT2D eigenvalue weighted by Gasteiger charge is -2.26. The quantitative estimate of drug-likeness (QED) is 0.242. The van der Waals surface area contributed by atoms with Crippen LogP contribution in [0.15, 0.2) is 18.7 Å². The maximum absolute atomic E-state index is 9.85. The van der Waals surface area contributed by atoms with Crippen LogP contribution in [0.5, 0.6) is 0 Å². The number of hydrogen-bond acceptors (Lipinski definition) is 7. The Morgan fingerprint density at radius 1 is 1.50 bits per heavy atom. The lowest BCUT2D eigenvalue weighted by molar-refractivity contribution is 0.00602. The Hall–Kier alpha value is -1.32. The summed E-state index contributed by atoms with van der Waals surface area (Å²) in [4.78, 5) is 9.20. The van der Waals surface area contributed by atoms with E-state index in [1.54, 1.807) is 23.3 Å². The molecule has 0 aromatic carbocycles. The van der Waals surface area contributed by atoms with Gasteiger partial charge in [-0.25, -0.2) is 4.98 Å². The minimum Gasteiger partial charge on any atom is -0.389 e. The Kier molecular flexibility index (Phi) is 8.21. The van der Waals surface area contributed by atoms with Crippen molar-refractivity contribution in [2.75, 3.05) is 33.4 Å². The zero-order chi connectivity index (χ0) is 16.4. The van der Waals surface area contributed by atoms with E-state index in [0.717, 1.165) is 6.54 Å². The highest BCUT2D eigenvalue weighted by Gasteiger charge is 2.24. The summed E-state index contributed by atoms with van der Waals surface area (Å²) >= 11 is 0. The van der Waals surface area contributed by atoms with E-state index >= 15 is 0 Å². The van der Waals surface area contributed by atoms with Gasteiger partial charge in [-0.1, -0.05) is 0 Å². The number of ether oxygens (including phenoxy) is 1. The average molecular weight is 313 g/mol.